The standard InChI is InChI=1S/C53H87N9O17/c1-5-28(2)22-29(3)12-10-8-6-7-9-11-13-41(70)56-35-24-38(67)50(76)60-47(73)34-26-61(27-39(34)68)52(78)43(37(66)19-21-55-40(69)18-20-54)58-51(77)44(46(72)45(71)31-14-16-32(64)17-15-31)59-49(75)36-23-33(65)25-62(36)53(79)42(30(4)63)57-48(35)74/h14-17,28-30,33-39,42-46,50,63-68,71-72,76H,5-13,18-27,54H2,1-4H3,(H,55,69)(H,56,70)(H,57,74)(H,58,77)(H,59,75)(H,60,73)/t28?,29?,30-,33-,34?,35?,36?,37-,38-,39+,42+,43+,44+,45+,46+,50-/m1/s1. The van der Waals surface area contributed by atoms with Crippen LogP contribution in [0.5, 0.6) is 5.75 Å². The van der Waals surface area contributed by atoms with Crippen molar-refractivity contribution in [2.24, 2.45) is 23.5 Å². The van der Waals surface area contributed by atoms with Gasteiger partial charge >= 0.3 is 0 Å². The quantitative estimate of drug-likeness (QED) is 0.0473. The van der Waals surface area contributed by atoms with Crippen LogP contribution in [0.25, 0.3) is 0 Å². The summed E-state index contributed by atoms with van der Waals surface area (Å²) in [5, 5.41) is 114. The summed E-state index contributed by atoms with van der Waals surface area (Å²) in [7, 11) is 0. The predicted octanol–water partition coefficient (Wildman–Crippen LogP) is -3.50. The minimum absolute atomic E-state index is 0.0138. The lowest BCUT2D eigenvalue weighted by Gasteiger charge is -2.34. The number of hydrogen-bond acceptors (Lipinski definition) is 18. The van der Waals surface area contributed by atoms with Crippen LogP contribution >= 0.6 is 0 Å². The Bertz CT molecular complexity index is 2180. The van der Waals surface area contributed by atoms with Crippen LogP contribution in [0.1, 0.15) is 129 Å². The normalized spacial score (nSPS) is 28.1. The number of phenols is 1. The van der Waals surface area contributed by atoms with Crippen LogP contribution in [0, 0.1) is 17.8 Å². The second-order valence-corrected chi connectivity index (χ2v) is 21.7. The van der Waals surface area contributed by atoms with Gasteiger partial charge in [-0.05, 0) is 55.7 Å². The van der Waals surface area contributed by atoms with Crippen molar-refractivity contribution in [3.63, 3.8) is 0 Å². The van der Waals surface area contributed by atoms with Crippen LogP contribution in [0.4, 0.5) is 0 Å². The Kier molecular flexibility index (Phi) is 26.7. The number of unbranched alkanes of at least 4 members (excludes halogenated alkanes) is 5. The lowest BCUT2D eigenvalue weighted by molar-refractivity contribution is -0.146. The molecule has 17 N–H and O–H groups in total. The summed E-state index contributed by atoms with van der Waals surface area (Å²) in [5.41, 5.74) is 5.37. The highest BCUT2D eigenvalue weighted by molar-refractivity contribution is 5.97. The summed E-state index contributed by atoms with van der Waals surface area (Å²) in [5.74, 6) is -8.85. The molecule has 0 spiro atoms. The van der Waals surface area contributed by atoms with Gasteiger partial charge in [0.1, 0.15) is 54.3 Å². The van der Waals surface area contributed by atoms with E-state index in [4.69, 9.17) is 5.73 Å². The molecule has 446 valence electrons. The molecular formula is C53H87N9O17. The van der Waals surface area contributed by atoms with Crippen LogP contribution in [0.2, 0.25) is 0 Å². The molecule has 0 saturated carbocycles. The number of aliphatic hydroxyl groups excluding tert-OH is 8. The van der Waals surface area contributed by atoms with Crippen molar-refractivity contribution in [3.8, 4) is 5.75 Å². The molecular weight excluding hydrogens is 1030 g/mol. The number of amides is 8. The first-order valence-electron chi connectivity index (χ1n) is 27.7. The van der Waals surface area contributed by atoms with Gasteiger partial charge in [0.05, 0.1) is 30.3 Å². The molecule has 2 bridgehead atoms. The van der Waals surface area contributed by atoms with E-state index in [1.54, 1.807) is 0 Å². The van der Waals surface area contributed by atoms with Gasteiger partial charge in [-0.1, -0.05) is 77.8 Å². The number of hydrogen-bond donors (Lipinski definition) is 16. The molecule has 3 aliphatic heterocycles. The fourth-order valence-corrected chi connectivity index (χ4v) is 10.1. The van der Waals surface area contributed by atoms with Gasteiger partial charge in [0.25, 0.3) is 0 Å². The molecule has 1 aromatic rings. The highest BCUT2D eigenvalue weighted by Gasteiger charge is 2.48. The van der Waals surface area contributed by atoms with Gasteiger partial charge in [0.15, 0.2) is 6.23 Å². The molecule has 0 aromatic heterocycles. The Morgan fingerprint density at radius 3 is 1.96 bits per heavy atom. The number of nitrogens with two attached hydrogens (primary N) is 1. The lowest BCUT2D eigenvalue weighted by Crippen LogP contribution is -2.64. The number of rotatable bonds is 23. The van der Waals surface area contributed by atoms with Crippen LogP contribution < -0.4 is 37.6 Å². The van der Waals surface area contributed by atoms with Gasteiger partial charge < -0.3 is 93.4 Å². The van der Waals surface area contributed by atoms with Crippen LogP contribution in [0.3, 0.4) is 0 Å². The van der Waals surface area contributed by atoms with E-state index in [1.807, 2.05) is 0 Å². The summed E-state index contributed by atoms with van der Waals surface area (Å²) in [6, 6.07) is -5.02. The Morgan fingerprint density at radius 1 is 0.684 bits per heavy atom. The summed E-state index contributed by atoms with van der Waals surface area (Å²) >= 11 is 0. The Hall–Kier alpha value is -5.58. The maximum Gasteiger partial charge on any atom is 0.248 e. The third kappa shape index (κ3) is 19.9. The Morgan fingerprint density at radius 2 is 1.32 bits per heavy atom. The molecule has 26 heteroatoms. The molecule has 16 atom stereocenters. The van der Waals surface area contributed by atoms with E-state index >= 15 is 0 Å². The number of aliphatic hydroxyl groups is 8. The van der Waals surface area contributed by atoms with Crippen molar-refractivity contribution in [3.05, 3.63) is 29.8 Å². The first-order valence-corrected chi connectivity index (χ1v) is 27.7. The van der Waals surface area contributed by atoms with Crippen molar-refractivity contribution in [2.45, 2.75) is 197 Å². The van der Waals surface area contributed by atoms with E-state index < -0.39 is 171 Å². The highest BCUT2D eigenvalue weighted by atomic mass is 16.3. The maximum absolute atomic E-state index is 14.5. The molecule has 26 nitrogen and oxygen atoms in total. The summed E-state index contributed by atoms with van der Waals surface area (Å²) in [6.45, 7) is 5.73. The van der Waals surface area contributed by atoms with Crippen molar-refractivity contribution in [1.29, 1.82) is 0 Å². The van der Waals surface area contributed by atoms with E-state index in [9.17, 15) is 84.3 Å². The first-order chi connectivity index (χ1) is 37.4. The monoisotopic (exact) mass is 1120 g/mol. The Balaban J connectivity index is 1.68. The largest absolute Gasteiger partial charge is 0.508 e. The minimum Gasteiger partial charge on any atom is -0.508 e. The predicted molar refractivity (Wildman–Crippen MR) is 283 cm³/mol. The first kappa shape index (κ1) is 65.9. The SMILES string of the molecule is CCC(C)CC(C)CCCCCCCCC(=O)NC1C[C@@H](O)[C@@H](O)NC(=O)C2CN(C[C@@H]2O)C(=O)[C@H]([C@H](O)CCNC(=O)CCN)NC(=O)[C@H]([C@H](O)[C@@H](O)c2ccc(O)cc2)NC(=O)C2C[C@@H](O)CN2C(=O)[C@H]([C@@H](C)O)NC1=O. The van der Waals surface area contributed by atoms with E-state index in [0.717, 1.165) is 67.4 Å². The van der Waals surface area contributed by atoms with Crippen molar-refractivity contribution in [1.82, 2.24) is 41.7 Å². The third-order valence-corrected chi connectivity index (χ3v) is 15.0. The highest BCUT2D eigenvalue weighted by Crippen LogP contribution is 2.26. The average Bonchev–Trinajstić information content (AvgIpc) is 4.02. The fraction of sp³-hybridized carbons (Fsp3) is 0.736. The summed E-state index contributed by atoms with van der Waals surface area (Å²) in [4.78, 5) is 113. The van der Waals surface area contributed by atoms with Gasteiger partial charge in [-0.25, -0.2) is 0 Å². The molecule has 1 aromatic carbocycles. The smallest absolute Gasteiger partial charge is 0.248 e. The van der Waals surface area contributed by atoms with E-state index in [-0.39, 0.29) is 37.2 Å². The summed E-state index contributed by atoms with van der Waals surface area (Å²) < 4.78 is 0. The van der Waals surface area contributed by atoms with E-state index in [1.165, 1.54) is 18.6 Å². The van der Waals surface area contributed by atoms with Gasteiger partial charge in [0, 0.05) is 58.4 Å². The van der Waals surface area contributed by atoms with Crippen LogP contribution in [-0.2, 0) is 38.4 Å². The third-order valence-electron chi connectivity index (χ3n) is 15.0. The fourth-order valence-electron chi connectivity index (χ4n) is 10.1. The topological polar surface area (TPSA) is 423 Å². The van der Waals surface area contributed by atoms with E-state index in [0.29, 0.717) is 24.7 Å². The van der Waals surface area contributed by atoms with Crippen LogP contribution in [-0.4, -0.2) is 209 Å². The average molecular weight is 1120 g/mol. The van der Waals surface area contributed by atoms with Gasteiger partial charge in [-0.15, -0.1) is 0 Å². The van der Waals surface area contributed by atoms with Crippen molar-refractivity contribution in [2.75, 3.05) is 32.7 Å². The minimum atomic E-state index is -2.32. The zero-order chi connectivity index (χ0) is 58.7. The molecule has 8 amide bonds. The Labute approximate surface area is 460 Å². The zero-order valence-electron chi connectivity index (χ0n) is 45.7. The molecule has 3 fully saturated rings. The van der Waals surface area contributed by atoms with Crippen molar-refractivity contribution < 1.29 is 84.3 Å². The number of carbonyl (C=O) groups excluding carboxylic acids is 8. The number of benzene rings is 1. The second-order valence-electron chi connectivity index (χ2n) is 21.7. The number of carbonyl (C=O) groups is 8. The zero-order valence-corrected chi connectivity index (χ0v) is 45.7. The lowest BCUT2D eigenvalue weighted by atomic mass is 9.91. The molecule has 79 heavy (non-hydrogen) atoms. The number of aromatic hydroxyl groups is 1. The number of fused-ring (bicyclic) bond motifs is 3. The number of phenolic OH excluding ortho intramolecular Hbond substituents is 1. The number of nitrogens with zero attached hydrogens (tertiary/aromatic N) is 2. The second kappa shape index (κ2) is 32.0. The molecule has 0 aliphatic carbocycles. The van der Waals surface area contributed by atoms with Gasteiger partial charge in [0.2, 0.25) is 47.3 Å². The molecule has 3 aliphatic rings. The van der Waals surface area contributed by atoms with Crippen LogP contribution in [0.15, 0.2) is 24.3 Å². The van der Waals surface area contributed by atoms with Gasteiger partial charge in [-0.3, -0.25) is 38.4 Å². The molecule has 3 heterocycles. The van der Waals surface area contributed by atoms with E-state index in [2.05, 4.69) is 52.7 Å². The van der Waals surface area contributed by atoms with Gasteiger partial charge in [-0.2, -0.15) is 0 Å². The van der Waals surface area contributed by atoms with Crippen molar-refractivity contribution >= 4 is 47.3 Å². The number of nitrogens with one attached hydrogen (secondary N) is 6. The molecule has 5 unspecified atom stereocenters. The summed E-state index contributed by atoms with van der Waals surface area (Å²) in [6.07, 6.45) is -8.66. The molecule has 0 radical (unpaired) electrons. The maximum atomic E-state index is 14.5. The molecule has 4 rings (SSSR count). The molecule has 3 saturated heterocycles.